The first-order valence-corrected chi connectivity index (χ1v) is 9.75. The zero-order valence-electron chi connectivity index (χ0n) is 16.3. The van der Waals surface area contributed by atoms with Gasteiger partial charge in [-0.1, -0.05) is 6.07 Å². The Kier molecular flexibility index (Phi) is 3.72. The molecule has 6 rings (SSSR count). The van der Waals surface area contributed by atoms with Gasteiger partial charge in [0.15, 0.2) is 11.5 Å². The number of nitrogens with zero attached hydrogens (tertiary/aromatic N) is 4. The van der Waals surface area contributed by atoms with Gasteiger partial charge in [-0.2, -0.15) is 4.99 Å². The highest BCUT2D eigenvalue weighted by Gasteiger charge is 2.49. The number of rotatable bonds is 4. The largest absolute Gasteiger partial charge is 0.467 e. The number of hydrogen-bond acceptors (Lipinski definition) is 7. The Morgan fingerprint density at radius 2 is 2.00 bits per heavy atom. The standard InChI is InChI=1S/C23H16N5O3/c24-13-28-21(26-23(27-28)16-6-8-19-20(11-16)31-14-30-19)9-7-15-3-1-5-18(22(15)28)25-12-17-4-2-10-29-17/h1-11,25H,12,14H2/q+1. The molecule has 8 nitrogen and oxygen atoms in total. The van der Waals surface area contributed by atoms with Crippen molar-refractivity contribution in [3.63, 3.8) is 0 Å². The smallest absolute Gasteiger partial charge is 0.351 e. The summed E-state index contributed by atoms with van der Waals surface area (Å²) in [5.74, 6) is 3.13. The van der Waals surface area contributed by atoms with Crippen LogP contribution < -0.4 is 19.4 Å². The monoisotopic (exact) mass is 410 g/mol. The van der Waals surface area contributed by atoms with E-state index in [1.165, 1.54) is 0 Å². The zero-order chi connectivity index (χ0) is 20.8. The quantitative estimate of drug-likeness (QED) is 0.514. The molecule has 0 radical (unpaired) electrons. The fourth-order valence-electron chi connectivity index (χ4n) is 3.95. The van der Waals surface area contributed by atoms with E-state index in [9.17, 15) is 5.26 Å². The average molecular weight is 410 g/mol. The van der Waals surface area contributed by atoms with E-state index in [0.29, 0.717) is 29.7 Å². The van der Waals surface area contributed by atoms with Gasteiger partial charge < -0.3 is 19.2 Å². The van der Waals surface area contributed by atoms with Crippen LogP contribution in [-0.4, -0.2) is 18.5 Å². The van der Waals surface area contributed by atoms with Gasteiger partial charge in [0.25, 0.3) is 5.84 Å². The number of nitriles is 1. The minimum atomic E-state index is -0.378. The van der Waals surface area contributed by atoms with Gasteiger partial charge in [0.2, 0.25) is 18.3 Å². The van der Waals surface area contributed by atoms with Gasteiger partial charge in [-0.15, -0.1) is 5.26 Å². The van der Waals surface area contributed by atoms with Gasteiger partial charge >= 0.3 is 6.19 Å². The molecular formula is C23H16N5O3+. The van der Waals surface area contributed by atoms with Crippen molar-refractivity contribution in [2.75, 3.05) is 12.1 Å². The van der Waals surface area contributed by atoms with Crippen LogP contribution in [0.3, 0.4) is 0 Å². The molecule has 0 saturated heterocycles. The third-order valence-electron chi connectivity index (χ3n) is 5.41. The molecule has 0 amide bonds. The van der Waals surface area contributed by atoms with Crippen LogP contribution in [0.2, 0.25) is 0 Å². The van der Waals surface area contributed by atoms with Crippen LogP contribution in [0.4, 0.5) is 11.4 Å². The van der Waals surface area contributed by atoms with Crippen molar-refractivity contribution in [2.45, 2.75) is 6.54 Å². The second-order valence-corrected chi connectivity index (χ2v) is 7.21. The lowest BCUT2D eigenvalue weighted by Crippen LogP contribution is -2.44. The molecule has 1 atom stereocenters. The number of hydrogen-bond donors (Lipinski definition) is 1. The number of amidine groups is 2. The van der Waals surface area contributed by atoms with Crippen LogP contribution in [0.1, 0.15) is 16.9 Å². The highest BCUT2D eigenvalue weighted by atomic mass is 16.7. The van der Waals surface area contributed by atoms with Crippen molar-refractivity contribution < 1.29 is 13.9 Å². The van der Waals surface area contributed by atoms with E-state index in [1.54, 1.807) is 6.26 Å². The number of para-hydroxylation sites is 1. The van der Waals surface area contributed by atoms with Gasteiger partial charge in [-0.05, 0) is 58.2 Å². The lowest BCUT2D eigenvalue weighted by Gasteiger charge is -2.25. The van der Waals surface area contributed by atoms with Crippen LogP contribution in [0, 0.1) is 11.5 Å². The highest BCUT2D eigenvalue weighted by molar-refractivity contribution is 6.21. The van der Waals surface area contributed by atoms with Crippen molar-refractivity contribution in [2.24, 2.45) is 10.1 Å². The van der Waals surface area contributed by atoms with Crippen molar-refractivity contribution >= 4 is 29.1 Å². The number of nitrogens with one attached hydrogen (secondary N) is 1. The van der Waals surface area contributed by atoms with E-state index in [1.807, 2.05) is 60.7 Å². The fraction of sp³-hybridized carbons (Fsp3) is 0.0870. The molecule has 1 aromatic heterocycles. The summed E-state index contributed by atoms with van der Waals surface area (Å²) in [7, 11) is 0. The Hall–Kier alpha value is -4.35. The number of quaternary nitrogens is 1. The van der Waals surface area contributed by atoms with E-state index >= 15 is 0 Å². The Morgan fingerprint density at radius 3 is 2.87 bits per heavy atom. The maximum atomic E-state index is 10.3. The molecule has 0 aliphatic carbocycles. The summed E-state index contributed by atoms with van der Waals surface area (Å²) in [5.41, 5.74) is 3.19. The SMILES string of the molecule is N#C[N+]12N=C(c3ccc4c(c3)OCO4)N=C1C=Cc1cccc(NCc3ccco3)c12. The summed E-state index contributed by atoms with van der Waals surface area (Å²) in [6.07, 6.45) is 7.80. The minimum Gasteiger partial charge on any atom is -0.467 e. The topological polar surface area (TPSA) is 92.1 Å². The van der Waals surface area contributed by atoms with Gasteiger partial charge in [0.05, 0.1) is 12.8 Å². The first-order chi connectivity index (χ1) is 15.3. The lowest BCUT2D eigenvalue weighted by atomic mass is 10.0. The predicted octanol–water partition coefficient (Wildman–Crippen LogP) is 4.21. The number of benzene rings is 2. The maximum absolute atomic E-state index is 10.3. The molecular weight excluding hydrogens is 394 g/mol. The van der Waals surface area contributed by atoms with Crippen molar-refractivity contribution in [1.29, 1.82) is 5.26 Å². The molecule has 150 valence electrons. The molecule has 3 aliphatic rings. The third-order valence-corrected chi connectivity index (χ3v) is 5.41. The Bertz CT molecular complexity index is 1330. The molecule has 8 heteroatoms. The van der Waals surface area contributed by atoms with Gasteiger partial charge in [-0.3, -0.25) is 0 Å². The Balaban J connectivity index is 1.45. The summed E-state index contributed by atoms with van der Waals surface area (Å²) in [6, 6.07) is 15.1. The molecule has 1 unspecified atom stereocenters. The molecule has 0 fully saturated rings. The second kappa shape index (κ2) is 6.58. The van der Waals surface area contributed by atoms with Crippen LogP contribution >= 0.6 is 0 Å². The van der Waals surface area contributed by atoms with Gasteiger partial charge in [0.1, 0.15) is 11.4 Å². The average Bonchev–Trinajstić information content (AvgIpc) is 3.56. The first-order valence-electron chi connectivity index (χ1n) is 9.75. The summed E-state index contributed by atoms with van der Waals surface area (Å²) in [6.45, 7) is 0.683. The van der Waals surface area contributed by atoms with Gasteiger partial charge in [0, 0.05) is 17.2 Å². The van der Waals surface area contributed by atoms with E-state index in [0.717, 1.165) is 28.3 Å². The molecule has 0 bridgehead atoms. The summed E-state index contributed by atoms with van der Waals surface area (Å²) in [5, 5.41) is 18.5. The maximum Gasteiger partial charge on any atom is 0.351 e. The van der Waals surface area contributed by atoms with E-state index in [-0.39, 0.29) is 11.4 Å². The van der Waals surface area contributed by atoms with E-state index in [4.69, 9.17) is 19.0 Å². The molecule has 3 aliphatic heterocycles. The lowest BCUT2D eigenvalue weighted by molar-refractivity contribution is 0.174. The van der Waals surface area contributed by atoms with Crippen molar-refractivity contribution in [3.05, 3.63) is 77.8 Å². The third kappa shape index (κ3) is 2.64. The Labute approximate surface area is 177 Å². The molecule has 31 heavy (non-hydrogen) atoms. The van der Waals surface area contributed by atoms with Gasteiger partial charge in [-0.25, -0.2) is 0 Å². The molecule has 0 saturated carbocycles. The summed E-state index contributed by atoms with van der Waals surface area (Å²) >= 11 is 0. The summed E-state index contributed by atoms with van der Waals surface area (Å²) in [4.78, 5) is 4.69. The minimum absolute atomic E-state index is 0.193. The highest BCUT2D eigenvalue weighted by Crippen LogP contribution is 2.43. The molecule has 3 aromatic rings. The summed E-state index contributed by atoms with van der Waals surface area (Å²) < 4.78 is 15.9. The number of anilines is 1. The number of aliphatic imine (C=N–C) groups is 1. The van der Waals surface area contributed by atoms with Crippen LogP contribution in [0.15, 0.2) is 75.4 Å². The van der Waals surface area contributed by atoms with Crippen molar-refractivity contribution in [3.8, 4) is 17.7 Å². The first kappa shape index (κ1) is 17.5. The van der Waals surface area contributed by atoms with Crippen LogP contribution in [0.5, 0.6) is 11.5 Å². The second-order valence-electron chi connectivity index (χ2n) is 7.21. The van der Waals surface area contributed by atoms with Crippen LogP contribution in [-0.2, 0) is 6.54 Å². The number of fused-ring (bicyclic) bond motifs is 4. The fourth-order valence-corrected chi connectivity index (χ4v) is 3.95. The molecule has 4 heterocycles. The van der Waals surface area contributed by atoms with E-state index in [2.05, 4.69) is 16.5 Å². The van der Waals surface area contributed by atoms with Crippen molar-refractivity contribution in [1.82, 2.24) is 4.59 Å². The molecule has 2 aromatic carbocycles. The number of ether oxygens (including phenoxy) is 2. The predicted molar refractivity (Wildman–Crippen MR) is 115 cm³/mol. The normalized spacial score (nSPS) is 19.8. The molecule has 0 spiro atoms. The Morgan fingerprint density at radius 1 is 1.06 bits per heavy atom. The van der Waals surface area contributed by atoms with Crippen LogP contribution in [0.25, 0.3) is 6.08 Å². The zero-order valence-corrected chi connectivity index (χ0v) is 16.3. The molecule has 1 N–H and O–H groups in total. The number of furan rings is 1. The van der Waals surface area contributed by atoms with E-state index < -0.39 is 0 Å².